The van der Waals surface area contributed by atoms with E-state index in [4.69, 9.17) is 4.84 Å². The van der Waals surface area contributed by atoms with Crippen molar-refractivity contribution in [3.63, 3.8) is 0 Å². The van der Waals surface area contributed by atoms with Crippen molar-refractivity contribution in [2.45, 2.75) is 19.8 Å². The smallest absolute Gasteiger partial charge is 0.139 e. The first kappa shape index (κ1) is 10.7. The molecule has 2 nitrogen and oxygen atoms in total. The van der Waals surface area contributed by atoms with E-state index in [1.54, 1.807) is 12.1 Å². The minimum absolute atomic E-state index is 0.293. The Hall–Kier alpha value is -1.38. The van der Waals surface area contributed by atoms with E-state index in [9.17, 15) is 4.39 Å². The molecule has 0 aliphatic rings. The van der Waals surface area contributed by atoms with Crippen molar-refractivity contribution in [2.75, 3.05) is 6.61 Å². The van der Waals surface area contributed by atoms with Gasteiger partial charge >= 0.3 is 0 Å². The molecule has 0 unspecified atom stereocenters. The summed E-state index contributed by atoms with van der Waals surface area (Å²) in [5.41, 5.74) is 0.585. The second-order valence-electron chi connectivity index (χ2n) is 2.90. The number of rotatable bonds is 5. The Morgan fingerprint density at radius 3 is 3.07 bits per heavy atom. The first-order chi connectivity index (χ1) is 6.83. The fraction of sp³-hybridized carbons (Fsp3) is 0.364. The van der Waals surface area contributed by atoms with Crippen LogP contribution in [0.1, 0.15) is 25.3 Å². The summed E-state index contributed by atoms with van der Waals surface area (Å²) in [6.45, 7) is 2.65. The number of benzene rings is 1. The largest absolute Gasteiger partial charge is 0.395 e. The molecule has 0 amide bonds. The van der Waals surface area contributed by atoms with Gasteiger partial charge in [-0.2, -0.15) is 0 Å². The average Bonchev–Trinajstić information content (AvgIpc) is 2.18. The Balaban J connectivity index is 2.36. The third kappa shape index (κ3) is 4.03. The molecule has 0 saturated heterocycles. The maximum atomic E-state index is 12.7. The molecule has 0 bridgehead atoms. The van der Waals surface area contributed by atoms with Gasteiger partial charge in [0.2, 0.25) is 0 Å². The molecule has 1 rings (SSSR count). The van der Waals surface area contributed by atoms with Crippen LogP contribution in [0.25, 0.3) is 0 Å². The molecular weight excluding hydrogens is 181 g/mol. The van der Waals surface area contributed by atoms with Crippen LogP contribution in [0.5, 0.6) is 0 Å². The van der Waals surface area contributed by atoms with Gasteiger partial charge in [-0.05, 0) is 18.6 Å². The molecule has 0 aromatic heterocycles. The molecule has 14 heavy (non-hydrogen) atoms. The van der Waals surface area contributed by atoms with E-state index in [0.717, 1.165) is 12.8 Å². The predicted molar refractivity (Wildman–Crippen MR) is 53.8 cm³/mol. The van der Waals surface area contributed by atoms with Gasteiger partial charge in [0, 0.05) is 5.56 Å². The number of halogens is 1. The summed E-state index contributed by atoms with van der Waals surface area (Å²) >= 11 is 0. The van der Waals surface area contributed by atoms with Gasteiger partial charge in [0.15, 0.2) is 0 Å². The zero-order valence-corrected chi connectivity index (χ0v) is 8.16. The summed E-state index contributed by atoms with van der Waals surface area (Å²) < 4.78 is 12.7. The van der Waals surface area contributed by atoms with Crippen molar-refractivity contribution >= 4 is 6.21 Å². The van der Waals surface area contributed by atoms with Gasteiger partial charge in [0.05, 0.1) is 0 Å². The Labute approximate surface area is 83.4 Å². The normalized spacial score (nSPS) is 10.7. The topological polar surface area (TPSA) is 21.6 Å². The van der Waals surface area contributed by atoms with Crippen LogP contribution >= 0.6 is 0 Å². The van der Waals surface area contributed by atoms with Crippen molar-refractivity contribution in [1.82, 2.24) is 0 Å². The van der Waals surface area contributed by atoms with Gasteiger partial charge in [-0.25, -0.2) is 4.39 Å². The van der Waals surface area contributed by atoms with Crippen LogP contribution in [0.4, 0.5) is 4.39 Å². The van der Waals surface area contributed by atoms with E-state index in [2.05, 4.69) is 18.3 Å². The highest BCUT2D eigenvalue weighted by molar-refractivity contribution is 5.78. The lowest BCUT2D eigenvalue weighted by Gasteiger charge is -1.95. The monoisotopic (exact) mass is 194 g/mol. The van der Waals surface area contributed by atoms with Crippen LogP contribution in [0.3, 0.4) is 0 Å². The Morgan fingerprint density at radius 1 is 1.50 bits per heavy atom. The number of nitrogens with zero attached hydrogens (tertiary/aromatic N) is 1. The highest BCUT2D eigenvalue weighted by atomic mass is 19.1. The predicted octanol–water partition coefficient (Wildman–Crippen LogP) is 2.85. The molecule has 0 saturated carbocycles. The molecule has 75 valence electrons. The van der Waals surface area contributed by atoms with Crippen LogP contribution in [0.2, 0.25) is 0 Å². The minimum atomic E-state index is -0.293. The van der Waals surface area contributed by atoms with E-state index in [1.165, 1.54) is 12.1 Å². The maximum Gasteiger partial charge on any atom is 0.139 e. The third-order valence-corrected chi connectivity index (χ3v) is 1.65. The van der Waals surface area contributed by atoms with Crippen LogP contribution in [0.15, 0.2) is 29.4 Å². The van der Waals surface area contributed by atoms with Crippen LogP contribution in [-0.2, 0) is 4.84 Å². The van der Waals surface area contributed by atoms with Crippen molar-refractivity contribution in [2.24, 2.45) is 5.16 Å². The van der Waals surface area contributed by atoms with Gasteiger partial charge in [-0.3, -0.25) is 0 Å². The van der Waals surface area contributed by atoms with Gasteiger partial charge < -0.3 is 4.84 Å². The lowest BCUT2D eigenvalue weighted by Crippen LogP contribution is -1.88. The molecular formula is C11H13FNO. The molecule has 3 heteroatoms. The molecule has 1 aromatic rings. The lowest BCUT2D eigenvalue weighted by molar-refractivity contribution is 0.143. The van der Waals surface area contributed by atoms with Crippen molar-refractivity contribution in [3.05, 3.63) is 35.6 Å². The maximum absolute atomic E-state index is 12.7. The van der Waals surface area contributed by atoms with Crippen molar-refractivity contribution in [1.29, 1.82) is 0 Å². The second-order valence-corrected chi connectivity index (χ2v) is 2.90. The average molecular weight is 194 g/mol. The molecule has 0 heterocycles. The summed E-state index contributed by atoms with van der Waals surface area (Å²) in [5.74, 6) is -0.293. The van der Waals surface area contributed by atoms with E-state index in [0.29, 0.717) is 12.2 Å². The fourth-order valence-electron chi connectivity index (χ4n) is 0.898. The lowest BCUT2D eigenvalue weighted by atomic mass is 10.2. The van der Waals surface area contributed by atoms with Gasteiger partial charge in [-0.1, -0.05) is 30.6 Å². The van der Waals surface area contributed by atoms with E-state index < -0.39 is 0 Å². The van der Waals surface area contributed by atoms with Crippen LogP contribution < -0.4 is 0 Å². The van der Waals surface area contributed by atoms with E-state index in [-0.39, 0.29) is 5.82 Å². The SMILES string of the molecule is CCCCO/N=[C]\c1cccc(F)c1. The van der Waals surface area contributed by atoms with Crippen molar-refractivity contribution in [3.8, 4) is 0 Å². The molecule has 1 radical (unpaired) electrons. The summed E-state index contributed by atoms with van der Waals surface area (Å²) in [7, 11) is 0. The second kappa shape index (κ2) is 6.13. The number of hydrogen-bond donors (Lipinski definition) is 0. The molecule has 0 fully saturated rings. The van der Waals surface area contributed by atoms with Gasteiger partial charge in [0.25, 0.3) is 0 Å². The zero-order valence-electron chi connectivity index (χ0n) is 8.16. The molecule has 1 aromatic carbocycles. The summed E-state index contributed by atoms with van der Waals surface area (Å²) in [6.07, 6.45) is 4.64. The number of unbranched alkanes of at least 4 members (excludes halogenated alkanes) is 1. The van der Waals surface area contributed by atoms with Crippen LogP contribution in [-0.4, -0.2) is 12.8 Å². The molecule has 0 atom stereocenters. The standard InChI is InChI=1S/C11H13FNO/c1-2-3-7-14-13-9-10-5-4-6-11(12)8-10/h4-6,8H,2-3,7H2,1H3. The van der Waals surface area contributed by atoms with Crippen molar-refractivity contribution < 1.29 is 9.23 Å². The van der Waals surface area contributed by atoms with Gasteiger partial charge in [0.1, 0.15) is 18.6 Å². The molecule has 0 aliphatic heterocycles. The highest BCUT2D eigenvalue weighted by Gasteiger charge is 1.91. The fourth-order valence-corrected chi connectivity index (χ4v) is 0.898. The number of hydrogen-bond acceptors (Lipinski definition) is 2. The minimum Gasteiger partial charge on any atom is -0.395 e. The molecule has 0 spiro atoms. The first-order valence-corrected chi connectivity index (χ1v) is 4.66. The highest BCUT2D eigenvalue weighted by Crippen LogP contribution is 2.00. The summed E-state index contributed by atoms with van der Waals surface area (Å²) in [6, 6.07) is 6.06. The van der Waals surface area contributed by atoms with E-state index in [1.807, 2.05) is 0 Å². The zero-order chi connectivity index (χ0) is 10.2. The van der Waals surface area contributed by atoms with Crippen LogP contribution in [0, 0.1) is 5.82 Å². The Bertz CT molecular complexity index is 299. The van der Waals surface area contributed by atoms with Gasteiger partial charge in [-0.15, -0.1) is 0 Å². The third-order valence-electron chi connectivity index (χ3n) is 1.65. The first-order valence-electron chi connectivity index (χ1n) is 4.66. The quantitative estimate of drug-likeness (QED) is 0.401. The van der Waals surface area contributed by atoms with E-state index >= 15 is 0 Å². The molecule has 0 aliphatic carbocycles. The summed E-state index contributed by atoms with van der Waals surface area (Å²) in [4.78, 5) is 4.91. The Kier molecular flexibility index (Phi) is 4.69. The Morgan fingerprint density at radius 2 is 2.36 bits per heavy atom. The molecule has 0 N–H and O–H groups in total. The summed E-state index contributed by atoms with van der Waals surface area (Å²) in [5, 5.41) is 3.60.